The maximum atomic E-state index is 8.77. The summed E-state index contributed by atoms with van der Waals surface area (Å²) in [5.74, 6) is 0. The molecule has 0 heterocycles. The van der Waals surface area contributed by atoms with E-state index in [9.17, 15) is 0 Å². The van der Waals surface area contributed by atoms with Gasteiger partial charge in [-0.2, -0.15) is 0 Å². The Kier molecular flexibility index (Phi) is 25.6. The van der Waals surface area contributed by atoms with E-state index in [0.29, 0.717) is 0 Å². The molecule has 0 aromatic rings. The van der Waals surface area contributed by atoms with Crippen molar-refractivity contribution in [1.29, 1.82) is 0 Å². The molecule has 0 fully saturated rings. The van der Waals surface area contributed by atoms with Crippen molar-refractivity contribution in [3.8, 4) is 0 Å². The Morgan fingerprint density at radius 1 is 0.737 bits per heavy atom. The molecule has 0 unspecified atom stereocenters. The average Bonchev–Trinajstić information content (AvgIpc) is 1.71. The molecule has 0 aromatic heterocycles. The molecule has 19 heavy (non-hydrogen) atoms. The first-order chi connectivity index (χ1) is 7.41. The third-order valence-corrected chi connectivity index (χ3v) is 0. The number of hydrogen-bond acceptors (Lipinski definition) is 7. The normalized spacial score (nSPS) is 10.3. The van der Waals surface area contributed by atoms with Gasteiger partial charge in [0, 0.05) is 6.61 Å². The Bertz CT molecular complexity index is 225. The molecule has 116 valence electrons. The number of aliphatic hydroxyl groups excluding tert-OH is 1. The van der Waals surface area contributed by atoms with Crippen LogP contribution in [0.3, 0.4) is 0 Å². The van der Waals surface area contributed by atoms with E-state index in [1.165, 1.54) is 0 Å². The summed E-state index contributed by atoms with van der Waals surface area (Å²) in [7, 11) is -14.7. The van der Waals surface area contributed by atoms with E-state index in [4.69, 9.17) is 62.8 Å². The van der Waals surface area contributed by atoms with E-state index in [1.807, 2.05) is 0 Å². The number of phosphoric acid groups is 3. The van der Waals surface area contributed by atoms with E-state index in [1.54, 1.807) is 6.92 Å². The summed E-state index contributed by atoms with van der Waals surface area (Å²) >= 11 is 0. The molecule has 0 rings (SSSR count). The van der Waals surface area contributed by atoms with E-state index in [-0.39, 0.29) is 24.0 Å². The van der Waals surface area contributed by atoms with Gasteiger partial charge in [-0.05, 0) is 6.92 Å². The van der Waals surface area contributed by atoms with Crippen LogP contribution in [0.25, 0.3) is 0 Å². The standard InChI is InChI=1S/C2H6O.Al.3H3O4P/c1-2-3;;3*1-5(2,3)4/h3H,2H2,1H3;;3*(H3,1,2,3,4)/q;+3;;;/p-3. The monoisotopic (exact) mass is 364 g/mol. The predicted molar refractivity (Wildman–Crippen MR) is 54.6 cm³/mol. The minimum atomic E-state index is -4.89. The topological polar surface area (TPSA) is 262 Å². The molecule has 0 amide bonds. The summed E-state index contributed by atoms with van der Waals surface area (Å²) in [6, 6.07) is 0. The van der Waals surface area contributed by atoms with Gasteiger partial charge < -0.3 is 49.1 Å². The SMILES string of the molecule is CCO.O=P([O-])(O)O.O=P([O-])(O)O.O=P([O-])(O)O.[Al+3]. The molecule has 0 saturated carbocycles. The van der Waals surface area contributed by atoms with Gasteiger partial charge in [0.2, 0.25) is 0 Å². The summed E-state index contributed by atoms with van der Waals surface area (Å²) in [6.07, 6.45) is 0. The van der Waals surface area contributed by atoms with Crippen molar-refractivity contribution in [1.82, 2.24) is 0 Å². The van der Waals surface area contributed by atoms with Crippen LogP contribution in [0, 0.1) is 0 Å². The molecule has 13 nitrogen and oxygen atoms in total. The van der Waals surface area contributed by atoms with Crippen molar-refractivity contribution in [2.45, 2.75) is 6.92 Å². The maximum Gasteiger partial charge on any atom is 3.00 e. The fourth-order valence-corrected chi connectivity index (χ4v) is 0. The van der Waals surface area contributed by atoms with Crippen LogP contribution in [0.15, 0.2) is 0 Å². The first-order valence-corrected chi connectivity index (χ1v) is 7.91. The summed E-state index contributed by atoms with van der Waals surface area (Å²) in [5, 5.41) is 7.57. The van der Waals surface area contributed by atoms with E-state index >= 15 is 0 Å². The van der Waals surface area contributed by atoms with Gasteiger partial charge in [0.05, 0.1) is 0 Å². The number of rotatable bonds is 0. The van der Waals surface area contributed by atoms with Crippen LogP contribution in [-0.2, 0) is 13.7 Å². The van der Waals surface area contributed by atoms with Gasteiger partial charge in [-0.3, -0.25) is 13.7 Å². The van der Waals surface area contributed by atoms with Gasteiger partial charge in [0.15, 0.2) is 0 Å². The van der Waals surface area contributed by atoms with Crippen LogP contribution >= 0.6 is 23.5 Å². The van der Waals surface area contributed by atoms with Crippen molar-refractivity contribution in [2.24, 2.45) is 0 Å². The van der Waals surface area contributed by atoms with E-state index in [2.05, 4.69) is 0 Å². The summed E-state index contributed by atoms with van der Waals surface area (Å²) < 4.78 is 26.3. The molecule has 0 spiro atoms. The van der Waals surface area contributed by atoms with Gasteiger partial charge in [-0.1, -0.05) is 0 Å². The molecule has 17 heteroatoms. The molecule has 0 aliphatic rings. The molecule has 0 atom stereocenters. The molecule has 7 N–H and O–H groups in total. The predicted octanol–water partition coefficient (Wildman–Crippen LogP) is -5.06. The average molecular weight is 364 g/mol. The largest absolute Gasteiger partial charge is 3.00 e. The van der Waals surface area contributed by atoms with Crippen molar-refractivity contribution in [3.63, 3.8) is 0 Å². The van der Waals surface area contributed by atoms with Gasteiger partial charge in [0.25, 0.3) is 23.5 Å². The Morgan fingerprint density at radius 3 is 0.737 bits per heavy atom. The Morgan fingerprint density at radius 2 is 0.737 bits per heavy atom. The van der Waals surface area contributed by atoms with Crippen LogP contribution in [0.5, 0.6) is 0 Å². The van der Waals surface area contributed by atoms with Crippen molar-refractivity contribution in [3.05, 3.63) is 0 Å². The van der Waals surface area contributed by atoms with Gasteiger partial charge in [-0.15, -0.1) is 0 Å². The Labute approximate surface area is 118 Å². The second-order valence-corrected chi connectivity index (χ2v) is 4.73. The fraction of sp³-hybridized carbons (Fsp3) is 1.00. The van der Waals surface area contributed by atoms with Crippen LogP contribution in [0.1, 0.15) is 6.92 Å². The molecule has 0 aliphatic heterocycles. The quantitative estimate of drug-likeness (QED) is 0.157. The molecular formula is C2H12AlO13P3. The van der Waals surface area contributed by atoms with Crippen LogP contribution in [0.4, 0.5) is 0 Å². The minimum Gasteiger partial charge on any atom is -0.756 e. The zero-order valence-corrected chi connectivity index (χ0v) is 13.0. The third-order valence-electron chi connectivity index (χ3n) is 0. The van der Waals surface area contributed by atoms with Crippen molar-refractivity contribution < 1.29 is 62.8 Å². The van der Waals surface area contributed by atoms with Gasteiger partial charge >= 0.3 is 17.4 Å². The van der Waals surface area contributed by atoms with Crippen molar-refractivity contribution >= 4 is 40.8 Å². The zero-order valence-electron chi connectivity index (χ0n) is 9.21. The Balaban J connectivity index is -0.0000000458. The fourth-order valence-electron chi connectivity index (χ4n) is 0. The molecular weight excluding hydrogens is 352 g/mol. The molecule has 0 aromatic carbocycles. The molecule has 0 aliphatic carbocycles. The van der Waals surface area contributed by atoms with E-state index < -0.39 is 23.5 Å². The second-order valence-electron chi connectivity index (χ2n) is 1.79. The summed E-state index contributed by atoms with van der Waals surface area (Å²) in [4.78, 5) is 68.8. The van der Waals surface area contributed by atoms with Crippen molar-refractivity contribution in [2.75, 3.05) is 6.61 Å². The van der Waals surface area contributed by atoms with Gasteiger partial charge in [-0.25, -0.2) is 0 Å². The Hall–Kier alpha value is 0.822. The first kappa shape index (κ1) is 32.0. The maximum absolute atomic E-state index is 8.77. The first-order valence-electron chi connectivity index (χ1n) is 3.32. The summed E-state index contributed by atoms with van der Waals surface area (Å²) in [5.41, 5.74) is 0. The van der Waals surface area contributed by atoms with Gasteiger partial charge in [0.1, 0.15) is 0 Å². The number of hydrogen-bond donors (Lipinski definition) is 7. The van der Waals surface area contributed by atoms with Crippen LogP contribution in [-0.4, -0.2) is 58.4 Å². The molecule has 0 radical (unpaired) electrons. The van der Waals surface area contributed by atoms with Crippen LogP contribution < -0.4 is 14.7 Å². The minimum absolute atomic E-state index is 0. The third kappa shape index (κ3) is 7870. The van der Waals surface area contributed by atoms with Crippen LogP contribution in [0.2, 0.25) is 0 Å². The van der Waals surface area contributed by atoms with E-state index in [0.717, 1.165) is 0 Å². The molecule has 0 bridgehead atoms. The molecule has 0 saturated heterocycles. The summed E-state index contributed by atoms with van der Waals surface area (Å²) in [6.45, 7) is 1.93. The second kappa shape index (κ2) is 15.2. The smallest absolute Gasteiger partial charge is 0.756 e. The number of aliphatic hydroxyl groups is 1. The zero-order chi connectivity index (χ0) is 16.2.